The van der Waals surface area contributed by atoms with Gasteiger partial charge < -0.3 is 22.7 Å². The molecule has 0 spiro atoms. The van der Waals surface area contributed by atoms with Gasteiger partial charge in [0.25, 0.3) is 0 Å². The number of furan rings is 1. The lowest BCUT2D eigenvalue weighted by atomic mass is 9.98. The van der Waals surface area contributed by atoms with Gasteiger partial charge in [-0.3, -0.25) is 0 Å². The van der Waals surface area contributed by atoms with Crippen molar-refractivity contribution in [2.75, 3.05) is 0 Å². The van der Waals surface area contributed by atoms with E-state index in [2.05, 4.69) is 237 Å². The predicted molar refractivity (Wildman–Crippen MR) is 306 cm³/mol. The molecule has 0 amide bonds. The lowest BCUT2D eigenvalue weighted by Crippen LogP contribution is -2.16. The predicted octanol–water partition coefficient (Wildman–Crippen LogP) is 17.4. The van der Waals surface area contributed by atoms with Crippen LogP contribution in [0.2, 0.25) is 0 Å². The normalized spacial score (nSPS) is 12.0. The Bertz CT molecular complexity index is 5060. The minimum absolute atomic E-state index is 0.381. The molecule has 7 heteroatoms. The second-order valence-electron chi connectivity index (χ2n) is 19.3. The molecule has 0 bridgehead atoms. The van der Waals surface area contributed by atoms with Crippen LogP contribution in [0.1, 0.15) is 11.1 Å². The molecule has 7 nitrogen and oxygen atoms in total. The smallest absolute Gasteiger partial charge is 0.160 e. The molecule has 75 heavy (non-hydrogen) atoms. The maximum Gasteiger partial charge on any atom is 0.160 e. The molecule has 16 rings (SSSR count). The number of benzene rings is 11. The summed E-state index contributed by atoms with van der Waals surface area (Å²) in [6.45, 7) is 0. The summed E-state index contributed by atoms with van der Waals surface area (Å²) in [6.07, 6.45) is 0. The Labute approximate surface area is 428 Å². The van der Waals surface area contributed by atoms with E-state index in [0.29, 0.717) is 39.5 Å². The van der Waals surface area contributed by atoms with Crippen molar-refractivity contribution < 1.29 is 4.42 Å². The summed E-state index contributed by atoms with van der Waals surface area (Å²) in [7, 11) is 0. The van der Waals surface area contributed by atoms with E-state index in [1.54, 1.807) is 0 Å². The van der Waals surface area contributed by atoms with Crippen molar-refractivity contribution in [3.8, 4) is 46.0 Å². The van der Waals surface area contributed by atoms with Gasteiger partial charge in [0.1, 0.15) is 28.8 Å². The topological polar surface area (TPSA) is 80.4 Å². The zero-order chi connectivity index (χ0) is 49.5. The van der Waals surface area contributed by atoms with Crippen LogP contribution in [-0.4, -0.2) is 18.3 Å². The van der Waals surface area contributed by atoms with Gasteiger partial charge in [-0.2, -0.15) is 10.5 Å². The highest BCUT2D eigenvalue weighted by Gasteiger charge is 2.35. The molecule has 0 unspecified atom stereocenters. The van der Waals surface area contributed by atoms with Crippen molar-refractivity contribution in [2.45, 2.75) is 0 Å². The fourth-order valence-electron chi connectivity index (χ4n) is 12.6. The van der Waals surface area contributed by atoms with Crippen molar-refractivity contribution in [3.63, 3.8) is 0 Å². The number of hydrogen-bond donors (Lipinski definition) is 0. The monoisotopic (exact) mass is 954 g/mol. The summed E-state index contributed by atoms with van der Waals surface area (Å²) in [5.74, 6) is 0. The Morgan fingerprint density at radius 3 is 1.07 bits per heavy atom. The molecule has 0 fully saturated rings. The average Bonchev–Trinajstić information content (AvgIpc) is 4.37. The Balaban J connectivity index is 1.24. The van der Waals surface area contributed by atoms with Gasteiger partial charge >= 0.3 is 0 Å². The first-order chi connectivity index (χ1) is 37.2. The Morgan fingerprint density at radius 2 is 0.627 bits per heavy atom. The molecule has 0 aliphatic rings. The summed E-state index contributed by atoms with van der Waals surface area (Å²) >= 11 is 0. The maximum absolute atomic E-state index is 12.8. The van der Waals surface area contributed by atoms with E-state index in [1.165, 1.54) is 0 Å². The van der Waals surface area contributed by atoms with E-state index in [-0.39, 0.29) is 0 Å². The molecule has 0 aliphatic carbocycles. The average molecular weight is 955 g/mol. The van der Waals surface area contributed by atoms with Crippen LogP contribution in [-0.2, 0) is 0 Å². The Kier molecular flexibility index (Phi) is 8.46. The first-order valence-electron chi connectivity index (χ1n) is 25.1. The number of hydrogen-bond acceptors (Lipinski definition) is 3. The standard InChI is InChI=1S/C68H38N6O/c69-39-53-63(71-55-27-11-4-20-43(55)44-21-5-12-28-56(44)71)64(72-57-29-13-6-22-45(57)46-23-7-14-30-58(46)72)54(40-70)66(65(53)73-59-31-15-8-24-47(59)48-25-9-16-32-60(48)73)74-61-38-42(41-18-2-1-3-19-41)34-35-49(61)51-36-37-52-50-26-10-17-33-62(50)75-68(52)67(51)74/h1-38H. The molecular formula is C68H38N6O. The number of para-hydroxylation sites is 7. The van der Waals surface area contributed by atoms with Crippen molar-refractivity contribution in [1.29, 1.82) is 10.5 Å². The second kappa shape index (κ2) is 15.5. The van der Waals surface area contributed by atoms with Crippen LogP contribution in [0.15, 0.2) is 235 Å². The molecule has 0 saturated carbocycles. The molecule has 0 N–H and O–H groups in total. The molecular weight excluding hydrogens is 917 g/mol. The van der Waals surface area contributed by atoms with E-state index >= 15 is 0 Å². The minimum Gasteiger partial charge on any atom is -0.454 e. The summed E-state index contributed by atoms with van der Waals surface area (Å²) in [5.41, 5.74) is 13.7. The quantitative estimate of drug-likeness (QED) is 0.172. The molecule has 5 heterocycles. The number of rotatable bonds is 5. The molecule has 5 aromatic heterocycles. The minimum atomic E-state index is 0.381. The van der Waals surface area contributed by atoms with E-state index < -0.39 is 0 Å². The van der Waals surface area contributed by atoms with Crippen LogP contribution < -0.4 is 0 Å². The highest BCUT2D eigenvalue weighted by Crippen LogP contribution is 2.50. The van der Waals surface area contributed by atoms with Gasteiger partial charge in [0.2, 0.25) is 0 Å². The molecule has 0 atom stereocenters. The van der Waals surface area contributed by atoms with Gasteiger partial charge in [0, 0.05) is 53.9 Å². The summed E-state index contributed by atoms with van der Waals surface area (Å²) in [4.78, 5) is 0. The van der Waals surface area contributed by atoms with E-state index in [4.69, 9.17) is 4.42 Å². The SMILES string of the molecule is N#Cc1c(-n2c3ccccc3c3ccccc32)c(-n2c3ccccc3c3ccccc32)c(C#N)c(-n2c3cc(-c4ccccc4)ccc3c3ccc4c5ccccc5oc4c32)c1-n1c2ccccc2c2ccccc21. The first kappa shape index (κ1) is 41.1. The Hall–Kier alpha value is -10.6. The third-order valence-corrected chi connectivity index (χ3v) is 15.6. The first-order valence-corrected chi connectivity index (χ1v) is 25.1. The van der Waals surface area contributed by atoms with Gasteiger partial charge in [-0.25, -0.2) is 0 Å². The van der Waals surface area contributed by atoms with Crippen LogP contribution in [0.5, 0.6) is 0 Å². The van der Waals surface area contributed by atoms with Gasteiger partial charge in [0.05, 0.1) is 66.9 Å². The zero-order valence-corrected chi connectivity index (χ0v) is 40.0. The fraction of sp³-hybridized carbons (Fsp3) is 0. The maximum atomic E-state index is 12.8. The van der Waals surface area contributed by atoms with E-state index in [9.17, 15) is 10.5 Å². The molecule has 0 saturated heterocycles. The summed E-state index contributed by atoms with van der Waals surface area (Å²) < 4.78 is 16.1. The Morgan fingerprint density at radius 1 is 0.280 bits per heavy atom. The second-order valence-corrected chi connectivity index (χ2v) is 19.3. The largest absolute Gasteiger partial charge is 0.454 e. The number of nitriles is 2. The van der Waals surface area contributed by atoms with Crippen LogP contribution in [0.4, 0.5) is 0 Å². The number of fused-ring (bicyclic) bond motifs is 16. The number of nitrogens with zero attached hydrogens (tertiary/aromatic N) is 6. The van der Waals surface area contributed by atoms with Crippen molar-refractivity contribution >= 4 is 109 Å². The molecule has 16 aromatic rings. The van der Waals surface area contributed by atoms with Crippen molar-refractivity contribution in [3.05, 3.63) is 242 Å². The van der Waals surface area contributed by atoms with Gasteiger partial charge in [-0.15, -0.1) is 0 Å². The van der Waals surface area contributed by atoms with Crippen LogP contribution in [0.25, 0.3) is 143 Å². The highest BCUT2D eigenvalue weighted by molar-refractivity contribution is 6.23. The summed E-state index contributed by atoms with van der Waals surface area (Å²) in [5, 5.41) is 35.6. The van der Waals surface area contributed by atoms with Crippen molar-refractivity contribution in [2.24, 2.45) is 0 Å². The lowest BCUT2D eigenvalue weighted by molar-refractivity contribution is 0.671. The molecule has 346 valence electrons. The van der Waals surface area contributed by atoms with Crippen LogP contribution in [0.3, 0.4) is 0 Å². The van der Waals surface area contributed by atoms with Gasteiger partial charge in [-0.1, -0.05) is 176 Å². The van der Waals surface area contributed by atoms with Gasteiger partial charge in [-0.05, 0) is 65.7 Å². The van der Waals surface area contributed by atoms with Crippen LogP contribution >= 0.6 is 0 Å². The lowest BCUT2D eigenvalue weighted by Gasteiger charge is -2.27. The van der Waals surface area contributed by atoms with Gasteiger partial charge in [0.15, 0.2) is 5.58 Å². The fourth-order valence-corrected chi connectivity index (χ4v) is 12.6. The molecule has 0 radical (unpaired) electrons. The molecule has 11 aromatic carbocycles. The van der Waals surface area contributed by atoms with E-state index in [1.807, 2.05) is 24.3 Å². The van der Waals surface area contributed by atoms with E-state index in [0.717, 1.165) is 115 Å². The third kappa shape index (κ3) is 5.50. The van der Waals surface area contributed by atoms with Crippen LogP contribution in [0, 0.1) is 22.7 Å². The summed E-state index contributed by atoms with van der Waals surface area (Å²) in [6, 6.07) is 85.8. The number of aromatic nitrogens is 4. The zero-order valence-electron chi connectivity index (χ0n) is 40.0. The molecule has 0 aliphatic heterocycles. The highest BCUT2D eigenvalue weighted by atomic mass is 16.3. The van der Waals surface area contributed by atoms with Crippen molar-refractivity contribution in [1.82, 2.24) is 18.3 Å². The third-order valence-electron chi connectivity index (χ3n) is 15.6.